The Morgan fingerprint density at radius 1 is 1.17 bits per heavy atom. The average Bonchev–Trinajstić information content (AvgIpc) is 2.59. The largest absolute Gasteiger partial charge is 0.457 e. The number of carbonyl (C=O) groups excluding carboxylic acids is 2. The molecular formula is C17H19N3O4. The van der Waals surface area contributed by atoms with Gasteiger partial charge in [-0.25, -0.2) is 9.86 Å². The van der Waals surface area contributed by atoms with Crippen molar-refractivity contribution in [2.24, 2.45) is 5.73 Å². The monoisotopic (exact) mass is 329 g/mol. The first-order chi connectivity index (χ1) is 11.5. The van der Waals surface area contributed by atoms with E-state index in [1.54, 1.807) is 31.2 Å². The molecule has 126 valence electrons. The fraction of sp³-hybridized carbons (Fsp3) is 0.176. The maximum Gasteiger partial charge on any atom is 0.338 e. The van der Waals surface area contributed by atoms with Crippen molar-refractivity contribution in [1.29, 1.82) is 0 Å². The number of benzene rings is 2. The van der Waals surface area contributed by atoms with Gasteiger partial charge in [-0.1, -0.05) is 24.3 Å². The van der Waals surface area contributed by atoms with E-state index in [2.05, 4.69) is 5.32 Å². The van der Waals surface area contributed by atoms with Crippen LogP contribution in [0.1, 0.15) is 17.3 Å². The van der Waals surface area contributed by atoms with Crippen LogP contribution in [-0.2, 0) is 0 Å². The van der Waals surface area contributed by atoms with E-state index in [0.717, 1.165) is 0 Å². The molecule has 2 rings (SSSR count). The fourth-order valence-electron chi connectivity index (χ4n) is 1.97. The molecule has 0 radical (unpaired) electrons. The van der Waals surface area contributed by atoms with Crippen molar-refractivity contribution in [2.45, 2.75) is 13.0 Å². The van der Waals surface area contributed by atoms with E-state index < -0.39 is 12.1 Å². The number of primary amides is 1. The Morgan fingerprint density at radius 3 is 2.50 bits per heavy atom. The normalized spacial score (nSPS) is 11.4. The molecule has 0 fully saturated rings. The fourth-order valence-corrected chi connectivity index (χ4v) is 1.97. The van der Waals surface area contributed by atoms with E-state index in [0.29, 0.717) is 22.1 Å². The highest BCUT2D eigenvalue weighted by Gasteiger charge is 2.16. The van der Waals surface area contributed by atoms with Crippen LogP contribution in [0.5, 0.6) is 11.5 Å². The predicted molar refractivity (Wildman–Crippen MR) is 88.0 cm³/mol. The summed E-state index contributed by atoms with van der Waals surface area (Å²) in [5.41, 5.74) is 5.36. The van der Waals surface area contributed by atoms with Crippen LogP contribution in [-0.4, -0.2) is 34.8 Å². The average molecular weight is 329 g/mol. The molecule has 2 aromatic carbocycles. The van der Waals surface area contributed by atoms with Gasteiger partial charge in [0.15, 0.2) is 0 Å². The maximum atomic E-state index is 12.2. The van der Waals surface area contributed by atoms with Crippen molar-refractivity contribution >= 4 is 11.9 Å². The zero-order valence-electron chi connectivity index (χ0n) is 13.2. The SMILES string of the molecule is CC(CNC(=O)c1cccc(Oc2ccccc2)c1)N(O)C(N)=O. The van der Waals surface area contributed by atoms with Crippen LogP contribution >= 0.6 is 0 Å². The summed E-state index contributed by atoms with van der Waals surface area (Å²) in [5, 5.41) is 12.4. The summed E-state index contributed by atoms with van der Waals surface area (Å²) in [5.74, 6) is 0.849. The summed E-state index contributed by atoms with van der Waals surface area (Å²) >= 11 is 0. The number of amides is 3. The van der Waals surface area contributed by atoms with Crippen LogP contribution < -0.4 is 15.8 Å². The number of nitrogens with one attached hydrogen (secondary N) is 1. The van der Waals surface area contributed by atoms with Gasteiger partial charge in [0, 0.05) is 12.1 Å². The molecule has 2 aromatic rings. The minimum absolute atomic E-state index is 0.0576. The molecule has 4 N–H and O–H groups in total. The lowest BCUT2D eigenvalue weighted by molar-refractivity contribution is -0.0682. The second kappa shape index (κ2) is 7.98. The van der Waals surface area contributed by atoms with Gasteiger partial charge >= 0.3 is 6.03 Å². The van der Waals surface area contributed by atoms with Crippen LogP contribution in [0.25, 0.3) is 0 Å². The highest BCUT2D eigenvalue weighted by molar-refractivity contribution is 5.94. The first-order valence-electron chi connectivity index (χ1n) is 7.36. The molecule has 0 bridgehead atoms. The second-order valence-corrected chi connectivity index (χ2v) is 5.18. The van der Waals surface area contributed by atoms with Crippen LogP contribution in [0.15, 0.2) is 54.6 Å². The van der Waals surface area contributed by atoms with E-state index in [1.807, 2.05) is 30.3 Å². The molecule has 1 atom stereocenters. The van der Waals surface area contributed by atoms with E-state index in [4.69, 9.17) is 10.5 Å². The van der Waals surface area contributed by atoms with E-state index in [-0.39, 0.29) is 12.5 Å². The Morgan fingerprint density at radius 2 is 1.83 bits per heavy atom. The molecule has 24 heavy (non-hydrogen) atoms. The summed E-state index contributed by atoms with van der Waals surface area (Å²) in [6, 6.07) is 14.3. The van der Waals surface area contributed by atoms with Gasteiger partial charge in [-0.05, 0) is 37.3 Å². The predicted octanol–water partition coefficient (Wildman–Crippen LogP) is 2.37. The van der Waals surface area contributed by atoms with Crippen molar-refractivity contribution in [2.75, 3.05) is 6.54 Å². The highest BCUT2D eigenvalue weighted by Crippen LogP contribution is 2.21. The number of hydrogen-bond donors (Lipinski definition) is 3. The summed E-state index contributed by atoms with van der Waals surface area (Å²) in [4.78, 5) is 23.0. The van der Waals surface area contributed by atoms with Gasteiger partial charge in [-0.3, -0.25) is 10.0 Å². The maximum absolute atomic E-state index is 12.2. The lowest BCUT2D eigenvalue weighted by atomic mass is 10.2. The van der Waals surface area contributed by atoms with Crippen LogP contribution in [0, 0.1) is 0 Å². The first kappa shape index (κ1) is 17.3. The quantitative estimate of drug-likeness (QED) is 0.559. The van der Waals surface area contributed by atoms with E-state index in [9.17, 15) is 14.8 Å². The molecule has 0 saturated heterocycles. The summed E-state index contributed by atoms with van der Waals surface area (Å²) < 4.78 is 5.68. The second-order valence-electron chi connectivity index (χ2n) is 5.18. The number of hydroxylamine groups is 2. The van der Waals surface area contributed by atoms with Gasteiger partial charge in [0.2, 0.25) is 0 Å². The van der Waals surface area contributed by atoms with Gasteiger partial charge in [-0.15, -0.1) is 0 Å². The molecule has 0 spiro atoms. The Balaban J connectivity index is 1.97. The van der Waals surface area contributed by atoms with Gasteiger partial charge < -0.3 is 15.8 Å². The number of ether oxygens (including phenoxy) is 1. The van der Waals surface area contributed by atoms with E-state index >= 15 is 0 Å². The third kappa shape index (κ3) is 4.72. The first-order valence-corrected chi connectivity index (χ1v) is 7.36. The molecule has 1 unspecified atom stereocenters. The molecule has 0 aliphatic heterocycles. The molecule has 0 saturated carbocycles. The molecule has 7 heteroatoms. The van der Waals surface area contributed by atoms with Gasteiger partial charge in [0.05, 0.1) is 6.04 Å². The molecule has 0 heterocycles. The molecule has 7 nitrogen and oxygen atoms in total. The van der Waals surface area contributed by atoms with Crippen LogP contribution in [0.2, 0.25) is 0 Å². The Labute approximate surface area is 139 Å². The zero-order valence-corrected chi connectivity index (χ0v) is 13.2. The van der Waals surface area contributed by atoms with Crippen molar-refractivity contribution in [3.05, 3.63) is 60.2 Å². The van der Waals surface area contributed by atoms with Crippen molar-refractivity contribution in [3.8, 4) is 11.5 Å². The minimum Gasteiger partial charge on any atom is -0.457 e. The van der Waals surface area contributed by atoms with Crippen LogP contribution in [0.3, 0.4) is 0 Å². The van der Waals surface area contributed by atoms with Crippen LogP contribution in [0.4, 0.5) is 4.79 Å². The molecular weight excluding hydrogens is 310 g/mol. The number of para-hydroxylation sites is 1. The molecule has 0 aromatic heterocycles. The molecule has 0 aliphatic rings. The van der Waals surface area contributed by atoms with Gasteiger partial charge in [0.1, 0.15) is 11.5 Å². The third-order valence-corrected chi connectivity index (χ3v) is 3.28. The lowest BCUT2D eigenvalue weighted by Gasteiger charge is -2.20. The number of nitrogens with two attached hydrogens (primary N) is 1. The standard InChI is InChI=1S/C17H19N3O4/c1-12(20(23)17(18)22)11-19-16(21)13-6-5-9-15(10-13)24-14-7-3-2-4-8-14/h2-10,12,23H,11H2,1H3,(H2,18,22)(H,19,21). The lowest BCUT2D eigenvalue weighted by Crippen LogP contribution is -2.45. The Kier molecular flexibility index (Phi) is 5.75. The minimum atomic E-state index is -0.977. The smallest absolute Gasteiger partial charge is 0.338 e. The van der Waals surface area contributed by atoms with Crippen molar-refractivity contribution in [3.63, 3.8) is 0 Å². The number of rotatable bonds is 6. The number of hydrogen-bond acceptors (Lipinski definition) is 4. The Hall–Kier alpha value is -3.06. The van der Waals surface area contributed by atoms with Crippen molar-refractivity contribution in [1.82, 2.24) is 10.4 Å². The van der Waals surface area contributed by atoms with Gasteiger partial charge in [-0.2, -0.15) is 0 Å². The van der Waals surface area contributed by atoms with Gasteiger partial charge in [0.25, 0.3) is 5.91 Å². The van der Waals surface area contributed by atoms with Crippen molar-refractivity contribution < 1.29 is 19.5 Å². The summed E-state index contributed by atoms with van der Waals surface area (Å²) in [6.07, 6.45) is 0. The summed E-state index contributed by atoms with van der Waals surface area (Å²) in [6.45, 7) is 1.61. The highest BCUT2D eigenvalue weighted by atomic mass is 16.5. The summed E-state index contributed by atoms with van der Waals surface area (Å²) in [7, 11) is 0. The third-order valence-electron chi connectivity index (χ3n) is 3.28. The number of carbonyl (C=O) groups is 2. The molecule has 3 amide bonds. The topological polar surface area (TPSA) is 105 Å². The van der Waals surface area contributed by atoms with E-state index in [1.165, 1.54) is 0 Å². The number of nitrogens with zero attached hydrogens (tertiary/aromatic N) is 1. The number of urea groups is 1. The molecule has 0 aliphatic carbocycles. The zero-order chi connectivity index (χ0) is 17.5. The Bertz CT molecular complexity index is 706.